The third-order valence-corrected chi connectivity index (χ3v) is 4.95. The molecule has 0 aliphatic carbocycles. The predicted molar refractivity (Wildman–Crippen MR) is 97.8 cm³/mol. The molecular formula is C20H20FN3O2. The van der Waals surface area contributed by atoms with E-state index in [-0.39, 0.29) is 30.2 Å². The molecule has 134 valence electrons. The average Bonchev–Trinajstić information content (AvgIpc) is 3.02. The second kappa shape index (κ2) is 6.78. The van der Waals surface area contributed by atoms with Crippen LogP contribution in [0.25, 0.3) is 0 Å². The Kier molecular flexibility index (Phi) is 4.32. The van der Waals surface area contributed by atoms with Gasteiger partial charge < -0.3 is 10.2 Å². The van der Waals surface area contributed by atoms with Gasteiger partial charge in [0.05, 0.1) is 6.04 Å². The zero-order valence-electron chi connectivity index (χ0n) is 14.3. The summed E-state index contributed by atoms with van der Waals surface area (Å²) < 4.78 is 13.1. The van der Waals surface area contributed by atoms with E-state index in [1.165, 1.54) is 17.7 Å². The van der Waals surface area contributed by atoms with Crippen LogP contribution >= 0.6 is 0 Å². The molecule has 2 aliphatic heterocycles. The first kappa shape index (κ1) is 16.6. The molecule has 2 aromatic carbocycles. The number of para-hydroxylation sites is 1. The van der Waals surface area contributed by atoms with Gasteiger partial charge in [0, 0.05) is 30.9 Å². The summed E-state index contributed by atoms with van der Waals surface area (Å²) in [5.74, 6) is -0.407. The van der Waals surface area contributed by atoms with Crippen molar-refractivity contribution in [1.29, 1.82) is 0 Å². The molecule has 0 saturated carbocycles. The zero-order chi connectivity index (χ0) is 18.1. The number of nitrogens with zero attached hydrogens (tertiary/aromatic N) is 2. The van der Waals surface area contributed by atoms with Crippen LogP contribution in [0.15, 0.2) is 48.5 Å². The van der Waals surface area contributed by atoms with Crippen LogP contribution in [0.3, 0.4) is 0 Å². The molecule has 0 spiro atoms. The Balaban J connectivity index is 1.45. The molecular weight excluding hydrogens is 333 g/mol. The van der Waals surface area contributed by atoms with Crippen molar-refractivity contribution in [3.8, 4) is 0 Å². The van der Waals surface area contributed by atoms with Gasteiger partial charge in [-0.15, -0.1) is 0 Å². The fourth-order valence-electron chi connectivity index (χ4n) is 3.67. The molecule has 0 aromatic heterocycles. The molecule has 1 N–H and O–H groups in total. The van der Waals surface area contributed by atoms with E-state index in [4.69, 9.17) is 0 Å². The Hall–Kier alpha value is -2.89. The molecule has 0 bridgehead atoms. The Morgan fingerprint density at radius 1 is 1.12 bits per heavy atom. The number of nitrogens with one attached hydrogen (secondary N) is 1. The lowest BCUT2D eigenvalue weighted by atomic mass is 10.0. The van der Waals surface area contributed by atoms with Gasteiger partial charge in [0.25, 0.3) is 0 Å². The van der Waals surface area contributed by atoms with Crippen molar-refractivity contribution in [2.75, 3.05) is 22.9 Å². The van der Waals surface area contributed by atoms with Crippen LogP contribution in [-0.2, 0) is 11.2 Å². The summed E-state index contributed by atoms with van der Waals surface area (Å²) in [6.07, 6.45) is 2.15. The van der Waals surface area contributed by atoms with Gasteiger partial charge in [-0.2, -0.15) is 0 Å². The number of hydrogen-bond acceptors (Lipinski definition) is 2. The number of halogens is 1. The number of carbonyl (C=O) groups is 2. The first-order valence-corrected chi connectivity index (χ1v) is 8.84. The highest BCUT2D eigenvalue weighted by Crippen LogP contribution is 2.27. The highest BCUT2D eigenvalue weighted by Gasteiger charge is 2.33. The van der Waals surface area contributed by atoms with Gasteiger partial charge in [-0.05, 0) is 48.7 Å². The van der Waals surface area contributed by atoms with E-state index in [0.29, 0.717) is 18.8 Å². The third kappa shape index (κ3) is 3.14. The number of aryl methyl sites for hydroxylation is 1. The van der Waals surface area contributed by atoms with Crippen LogP contribution in [-0.4, -0.2) is 31.1 Å². The van der Waals surface area contributed by atoms with Crippen molar-refractivity contribution in [3.63, 3.8) is 0 Å². The van der Waals surface area contributed by atoms with Crippen LogP contribution in [0.4, 0.5) is 20.6 Å². The minimum Gasteiger partial charge on any atom is -0.333 e. The number of amides is 3. The summed E-state index contributed by atoms with van der Waals surface area (Å²) in [5, 5.41) is 2.98. The lowest BCUT2D eigenvalue weighted by molar-refractivity contribution is -0.117. The summed E-state index contributed by atoms with van der Waals surface area (Å²) in [6, 6.07) is 13.3. The Morgan fingerprint density at radius 3 is 2.69 bits per heavy atom. The number of fused-ring (bicyclic) bond motifs is 1. The number of benzene rings is 2. The monoisotopic (exact) mass is 353 g/mol. The van der Waals surface area contributed by atoms with Gasteiger partial charge in [-0.25, -0.2) is 9.18 Å². The van der Waals surface area contributed by atoms with Gasteiger partial charge in [-0.3, -0.25) is 9.69 Å². The van der Waals surface area contributed by atoms with Gasteiger partial charge in [0.2, 0.25) is 5.91 Å². The van der Waals surface area contributed by atoms with Gasteiger partial charge in [-0.1, -0.05) is 18.2 Å². The molecule has 1 saturated heterocycles. The third-order valence-electron chi connectivity index (χ3n) is 4.95. The van der Waals surface area contributed by atoms with Crippen molar-refractivity contribution >= 4 is 23.3 Å². The first-order valence-electron chi connectivity index (χ1n) is 8.84. The minimum absolute atomic E-state index is 0.0686. The van der Waals surface area contributed by atoms with Gasteiger partial charge >= 0.3 is 6.03 Å². The van der Waals surface area contributed by atoms with Gasteiger partial charge in [0.15, 0.2) is 0 Å². The maximum atomic E-state index is 13.1. The molecule has 1 fully saturated rings. The molecule has 1 unspecified atom stereocenters. The standard InChI is InChI=1S/C20H20FN3O2/c21-15-7-9-17(10-8-15)24-13-16(12-19(24)25)22-20(26)23-11-3-5-14-4-1-2-6-18(14)23/h1-2,4,6-10,16H,3,5,11-13H2,(H,22,26). The SMILES string of the molecule is O=C1CC(NC(=O)N2CCCc3ccccc32)CN1c1ccc(F)cc1. The predicted octanol–water partition coefficient (Wildman–Crippen LogP) is 3.09. The van der Waals surface area contributed by atoms with E-state index >= 15 is 0 Å². The fourth-order valence-corrected chi connectivity index (χ4v) is 3.67. The van der Waals surface area contributed by atoms with Crippen LogP contribution < -0.4 is 15.1 Å². The first-order chi connectivity index (χ1) is 12.6. The zero-order valence-corrected chi connectivity index (χ0v) is 14.3. The van der Waals surface area contributed by atoms with Crippen LogP contribution in [0, 0.1) is 5.82 Å². The van der Waals surface area contributed by atoms with Crippen molar-refractivity contribution in [1.82, 2.24) is 5.32 Å². The quantitative estimate of drug-likeness (QED) is 0.902. The molecule has 5 nitrogen and oxygen atoms in total. The van der Waals surface area contributed by atoms with Crippen LogP contribution in [0.1, 0.15) is 18.4 Å². The average molecular weight is 353 g/mol. The molecule has 1 atom stereocenters. The number of urea groups is 1. The number of anilines is 2. The molecule has 3 amide bonds. The Morgan fingerprint density at radius 2 is 1.88 bits per heavy atom. The summed E-state index contributed by atoms with van der Waals surface area (Å²) in [5.41, 5.74) is 2.76. The highest BCUT2D eigenvalue weighted by molar-refractivity contribution is 5.98. The van der Waals surface area contributed by atoms with E-state index in [1.807, 2.05) is 24.3 Å². The van der Waals surface area contributed by atoms with E-state index < -0.39 is 0 Å². The van der Waals surface area contributed by atoms with Crippen molar-refractivity contribution in [2.24, 2.45) is 0 Å². The molecule has 2 heterocycles. The minimum atomic E-state index is -0.339. The summed E-state index contributed by atoms with van der Waals surface area (Å²) >= 11 is 0. The smallest absolute Gasteiger partial charge is 0.322 e. The van der Waals surface area contributed by atoms with E-state index in [0.717, 1.165) is 18.5 Å². The van der Waals surface area contributed by atoms with Crippen molar-refractivity contribution in [3.05, 3.63) is 59.9 Å². The molecule has 0 radical (unpaired) electrons. The van der Waals surface area contributed by atoms with Gasteiger partial charge in [0.1, 0.15) is 5.82 Å². The molecule has 6 heteroatoms. The fraction of sp³-hybridized carbons (Fsp3) is 0.300. The van der Waals surface area contributed by atoms with Crippen molar-refractivity contribution < 1.29 is 14.0 Å². The summed E-state index contributed by atoms with van der Waals surface area (Å²) in [7, 11) is 0. The van der Waals surface area contributed by atoms with Crippen LogP contribution in [0.2, 0.25) is 0 Å². The number of rotatable bonds is 2. The normalized spacial score (nSPS) is 19.4. The van der Waals surface area contributed by atoms with Crippen LogP contribution in [0.5, 0.6) is 0 Å². The molecule has 26 heavy (non-hydrogen) atoms. The summed E-state index contributed by atoms with van der Waals surface area (Å²) in [6.45, 7) is 1.07. The highest BCUT2D eigenvalue weighted by atomic mass is 19.1. The Labute approximate surface area is 151 Å². The second-order valence-corrected chi connectivity index (χ2v) is 6.72. The number of hydrogen-bond donors (Lipinski definition) is 1. The van der Waals surface area contributed by atoms with Crippen molar-refractivity contribution in [2.45, 2.75) is 25.3 Å². The maximum Gasteiger partial charge on any atom is 0.322 e. The Bertz CT molecular complexity index is 837. The largest absolute Gasteiger partial charge is 0.333 e. The van der Waals surface area contributed by atoms with E-state index in [2.05, 4.69) is 5.32 Å². The van der Waals surface area contributed by atoms with E-state index in [1.54, 1.807) is 21.9 Å². The molecule has 2 aliphatic rings. The number of carbonyl (C=O) groups excluding carboxylic acids is 2. The summed E-state index contributed by atoms with van der Waals surface area (Å²) in [4.78, 5) is 28.4. The second-order valence-electron chi connectivity index (χ2n) is 6.72. The molecule has 4 rings (SSSR count). The topological polar surface area (TPSA) is 52.7 Å². The van der Waals surface area contributed by atoms with E-state index in [9.17, 15) is 14.0 Å². The molecule has 2 aromatic rings. The lowest BCUT2D eigenvalue weighted by Crippen LogP contribution is -2.47. The maximum absolute atomic E-state index is 13.1. The lowest BCUT2D eigenvalue weighted by Gasteiger charge is -2.30.